The molecule has 0 spiro atoms. The third-order valence-corrected chi connectivity index (χ3v) is 2.56. The molecule has 0 fully saturated rings. The first-order valence-corrected chi connectivity index (χ1v) is 5.49. The fraction of sp³-hybridized carbons (Fsp3) is 0.250. The van der Waals surface area contributed by atoms with Gasteiger partial charge in [-0.05, 0) is 12.1 Å². The van der Waals surface area contributed by atoms with E-state index in [2.05, 4.69) is 10.3 Å². The van der Waals surface area contributed by atoms with Crippen molar-refractivity contribution >= 4 is 5.97 Å². The molecule has 2 rings (SSSR count). The number of carbonyl (C=O) groups is 1. The molecule has 7 heteroatoms. The number of carboxylic acids is 1. The lowest BCUT2D eigenvalue weighted by molar-refractivity contribution is -0.136. The van der Waals surface area contributed by atoms with Gasteiger partial charge in [0.2, 0.25) is 0 Å². The van der Waals surface area contributed by atoms with E-state index in [0.29, 0.717) is 22.9 Å². The highest BCUT2D eigenvalue weighted by Gasteiger charge is 2.12. The number of ether oxygens (including phenoxy) is 2. The van der Waals surface area contributed by atoms with Gasteiger partial charge in [-0.25, -0.2) is 4.68 Å². The summed E-state index contributed by atoms with van der Waals surface area (Å²) in [6, 6.07) is 5.18. The van der Waals surface area contributed by atoms with Crippen LogP contribution >= 0.6 is 0 Å². The number of aliphatic carboxylic acids is 1. The average Bonchev–Trinajstić information content (AvgIpc) is 2.85. The Bertz CT molecular complexity index is 594. The van der Waals surface area contributed by atoms with Crippen LogP contribution in [0.15, 0.2) is 24.4 Å². The molecule has 0 aliphatic carbocycles. The van der Waals surface area contributed by atoms with E-state index in [-0.39, 0.29) is 6.42 Å². The first-order valence-electron chi connectivity index (χ1n) is 5.49. The van der Waals surface area contributed by atoms with Crippen molar-refractivity contribution in [3.05, 3.63) is 30.1 Å². The van der Waals surface area contributed by atoms with Crippen molar-refractivity contribution in [1.29, 1.82) is 0 Å². The van der Waals surface area contributed by atoms with Gasteiger partial charge >= 0.3 is 5.97 Å². The molecule has 0 aliphatic heterocycles. The molecule has 0 saturated heterocycles. The van der Waals surface area contributed by atoms with Gasteiger partial charge in [-0.3, -0.25) is 4.79 Å². The summed E-state index contributed by atoms with van der Waals surface area (Å²) in [5.41, 5.74) is 1.14. The Kier molecular flexibility index (Phi) is 3.65. The summed E-state index contributed by atoms with van der Waals surface area (Å²) in [7, 11) is 3.07. The van der Waals surface area contributed by atoms with Crippen LogP contribution in [0.5, 0.6) is 11.5 Å². The summed E-state index contributed by atoms with van der Waals surface area (Å²) in [5, 5.41) is 16.4. The maximum Gasteiger partial charge on any atom is 0.309 e. The lowest BCUT2D eigenvalue weighted by atomic mass is 10.2. The molecule has 0 amide bonds. The number of carboxylic acid groups (broad SMARTS) is 1. The van der Waals surface area contributed by atoms with Gasteiger partial charge in [-0.2, -0.15) is 0 Å². The van der Waals surface area contributed by atoms with Gasteiger partial charge in [0, 0.05) is 6.07 Å². The largest absolute Gasteiger partial charge is 0.493 e. The Morgan fingerprint density at radius 3 is 2.68 bits per heavy atom. The Hall–Kier alpha value is -2.57. The van der Waals surface area contributed by atoms with E-state index >= 15 is 0 Å². The average molecular weight is 263 g/mol. The van der Waals surface area contributed by atoms with E-state index in [9.17, 15) is 4.79 Å². The van der Waals surface area contributed by atoms with Gasteiger partial charge in [0.15, 0.2) is 11.5 Å². The lowest BCUT2D eigenvalue weighted by Crippen LogP contribution is -2.08. The maximum absolute atomic E-state index is 10.8. The molecule has 100 valence electrons. The number of hydrogen-bond donors (Lipinski definition) is 1. The predicted octanol–water partition coefficient (Wildman–Crippen LogP) is 0.912. The Morgan fingerprint density at radius 2 is 2.05 bits per heavy atom. The zero-order valence-electron chi connectivity index (χ0n) is 10.5. The molecule has 0 unspecified atom stereocenters. The van der Waals surface area contributed by atoms with Crippen molar-refractivity contribution in [2.24, 2.45) is 0 Å². The zero-order chi connectivity index (χ0) is 13.8. The van der Waals surface area contributed by atoms with Crippen LogP contribution in [0.4, 0.5) is 0 Å². The van der Waals surface area contributed by atoms with Crippen LogP contribution < -0.4 is 9.47 Å². The number of nitrogens with zero attached hydrogens (tertiary/aromatic N) is 3. The maximum atomic E-state index is 10.8. The topological polar surface area (TPSA) is 86.5 Å². The van der Waals surface area contributed by atoms with Crippen molar-refractivity contribution in [3.8, 4) is 17.2 Å². The third kappa shape index (κ3) is 2.65. The monoisotopic (exact) mass is 263 g/mol. The third-order valence-electron chi connectivity index (χ3n) is 2.56. The molecule has 0 bridgehead atoms. The fourth-order valence-electron chi connectivity index (χ4n) is 1.71. The second kappa shape index (κ2) is 5.38. The zero-order valence-corrected chi connectivity index (χ0v) is 10.5. The minimum Gasteiger partial charge on any atom is -0.493 e. The van der Waals surface area contributed by atoms with Gasteiger partial charge < -0.3 is 14.6 Å². The van der Waals surface area contributed by atoms with E-state index in [1.54, 1.807) is 25.3 Å². The molecular weight excluding hydrogens is 250 g/mol. The molecule has 0 atom stereocenters. The fourth-order valence-corrected chi connectivity index (χ4v) is 1.71. The number of methoxy groups -OCH3 is 2. The Labute approximate surface area is 109 Å². The summed E-state index contributed by atoms with van der Waals surface area (Å²) in [6.07, 6.45) is 1.27. The molecular formula is C12H13N3O4. The van der Waals surface area contributed by atoms with Crippen molar-refractivity contribution in [2.45, 2.75) is 6.42 Å². The van der Waals surface area contributed by atoms with Crippen molar-refractivity contribution < 1.29 is 19.4 Å². The molecule has 1 heterocycles. The second-order valence-electron chi connectivity index (χ2n) is 3.75. The van der Waals surface area contributed by atoms with Crippen LogP contribution in [0.3, 0.4) is 0 Å². The van der Waals surface area contributed by atoms with E-state index in [1.165, 1.54) is 18.0 Å². The van der Waals surface area contributed by atoms with E-state index in [1.807, 2.05) is 0 Å². The van der Waals surface area contributed by atoms with Crippen molar-refractivity contribution in [1.82, 2.24) is 15.0 Å². The van der Waals surface area contributed by atoms with Crippen molar-refractivity contribution in [3.63, 3.8) is 0 Å². The molecule has 7 nitrogen and oxygen atoms in total. The molecule has 0 saturated carbocycles. The second-order valence-corrected chi connectivity index (χ2v) is 3.75. The number of benzene rings is 1. The van der Waals surface area contributed by atoms with Gasteiger partial charge in [0.05, 0.1) is 38.2 Å². The lowest BCUT2D eigenvalue weighted by Gasteiger charge is -2.10. The first kappa shape index (κ1) is 12.9. The number of rotatable bonds is 5. The van der Waals surface area contributed by atoms with E-state index < -0.39 is 5.97 Å². The van der Waals surface area contributed by atoms with Crippen LogP contribution in [-0.2, 0) is 11.2 Å². The smallest absolute Gasteiger partial charge is 0.309 e. The molecule has 1 aromatic heterocycles. The first-order chi connectivity index (χ1) is 9.15. The van der Waals surface area contributed by atoms with Gasteiger partial charge in [0.1, 0.15) is 0 Å². The van der Waals surface area contributed by atoms with Gasteiger partial charge in [-0.1, -0.05) is 5.21 Å². The molecule has 0 aliphatic rings. The normalized spacial score (nSPS) is 10.2. The molecule has 2 aromatic rings. The minimum absolute atomic E-state index is 0.151. The molecule has 19 heavy (non-hydrogen) atoms. The minimum atomic E-state index is -0.941. The highest BCUT2D eigenvalue weighted by atomic mass is 16.5. The SMILES string of the molecule is COc1ccc(-n2nncc2CC(=O)O)cc1OC. The van der Waals surface area contributed by atoms with Crippen molar-refractivity contribution in [2.75, 3.05) is 14.2 Å². The van der Waals surface area contributed by atoms with Crippen LogP contribution in [0.2, 0.25) is 0 Å². The van der Waals surface area contributed by atoms with Crippen LogP contribution in [0, 0.1) is 0 Å². The van der Waals surface area contributed by atoms with Crippen LogP contribution in [-0.4, -0.2) is 40.3 Å². The molecule has 1 N–H and O–H groups in total. The van der Waals surface area contributed by atoms with Crippen LogP contribution in [0.25, 0.3) is 5.69 Å². The quantitative estimate of drug-likeness (QED) is 0.862. The number of aromatic nitrogens is 3. The summed E-state index contributed by atoms with van der Waals surface area (Å²) < 4.78 is 11.8. The summed E-state index contributed by atoms with van der Waals surface area (Å²) in [5.74, 6) is 0.187. The Morgan fingerprint density at radius 1 is 1.32 bits per heavy atom. The molecule has 0 radical (unpaired) electrons. The van der Waals surface area contributed by atoms with E-state index in [0.717, 1.165) is 0 Å². The Balaban J connectivity index is 2.42. The number of hydrogen-bond acceptors (Lipinski definition) is 5. The van der Waals surface area contributed by atoms with Gasteiger partial charge in [-0.15, -0.1) is 5.10 Å². The summed E-state index contributed by atoms with van der Waals surface area (Å²) >= 11 is 0. The predicted molar refractivity (Wildman–Crippen MR) is 65.8 cm³/mol. The molecule has 1 aromatic carbocycles. The summed E-state index contributed by atoms with van der Waals surface area (Å²) in [4.78, 5) is 10.8. The van der Waals surface area contributed by atoms with Crippen LogP contribution in [0.1, 0.15) is 5.69 Å². The summed E-state index contributed by atoms with van der Waals surface area (Å²) in [6.45, 7) is 0. The highest BCUT2D eigenvalue weighted by Crippen LogP contribution is 2.29. The standard InChI is InChI=1S/C12H13N3O4/c1-18-10-4-3-8(5-11(10)19-2)15-9(6-12(16)17)7-13-14-15/h3-5,7H,6H2,1-2H3,(H,16,17). The van der Waals surface area contributed by atoms with Gasteiger partial charge in [0.25, 0.3) is 0 Å². The highest BCUT2D eigenvalue weighted by molar-refractivity contribution is 5.69. The van der Waals surface area contributed by atoms with E-state index in [4.69, 9.17) is 14.6 Å².